The summed E-state index contributed by atoms with van der Waals surface area (Å²) in [5.41, 5.74) is 3.32. The molecule has 6 heteroatoms. The van der Waals surface area contributed by atoms with Crippen LogP contribution in [0.5, 0.6) is 0 Å². The molecule has 4 rings (SSSR count). The van der Waals surface area contributed by atoms with E-state index in [2.05, 4.69) is 41.2 Å². The Morgan fingerprint density at radius 2 is 1.65 bits per heavy atom. The highest BCUT2D eigenvalue weighted by Gasteiger charge is 2.43. The fraction of sp³-hybridized carbons (Fsp3) is 0.581. The lowest BCUT2D eigenvalue weighted by atomic mass is 9.92. The maximum absolute atomic E-state index is 14.0. The molecule has 0 aliphatic carbocycles. The third-order valence-electron chi connectivity index (χ3n) is 7.79. The van der Waals surface area contributed by atoms with Crippen LogP contribution in [0.3, 0.4) is 0 Å². The van der Waals surface area contributed by atoms with E-state index < -0.39 is 6.04 Å². The monoisotopic (exact) mass is 504 g/mol. The number of allylic oxidation sites excluding steroid dienone is 1. The van der Waals surface area contributed by atoms with Gasteiger partial charge < -0.3 is 15.0 Å². The summed E-state index contributed by atoms with van der Waals surface area (Å²) in [6, 6.07) is 3.44. The van der Waals surface area contributed by atoms with E-state index in [1.54, 1.807) is 6.20 Å². The van der Waals surface area contributed by atoms with Gasteiger partial charge in [0.2, 0.25) is 0 Å². The molecule has 0 fully saturated rings. The number of aldehydes is 1. The molecule has 3 aliphatic rings. The Morgan fingerprint density at radius 3 is 2.35 bits per heavy atom. The molecule has 0 aromatic carbocycles. The molecule has 1 aromatic heterocycles. The molecule has 0 radical (unpaired) electrons. The Morgan fingerprint density at radius 1 is 0.973 bits per heavy atom. The molecule has 1 amide bonds. The number of anilines is 1. The number of dihydropyridines is 1. The van der Waals surface area contributed by atoms with Crippen LogP contribution in [0, 0.1) is 0 Å². The van der Waals surface area contributed by atoms with E-state index in [9.17, 15) is 9.59 Å². The summed E-state index contributed by atoms with van der Waals surface area (Å²) in [7, 11) is 0. The summed E-state index contributed by atoms with van der Waals surface area (Å²) in [4.78, 5) is 35.3. The number of nitrogens with one attached hydrogen (secondary N) is 1. The molecular formula is C31H44N4O2. The minimum absolute atomic E-state index is 0.00989. The molecule has 37 heavy (non-hydrogen) atoms. The van der Waals surface area contributed by atoms with Gasteiger partial charge in [0.15, 0.2) is 0 Å². The van der Waals surface area contributed by atoms with Gasteiger partial charge in [-0.1, -0.05) is 90.2 Å². The first-order valence-electron chi connectivity index (χ1n) is 14.6. The van der Waals surface area contributed by atoms with Crippen LogP contribution < -0.4 is 10.2 Å². The highest BCUT2D eigenvalue weighted by atomic mass is 16.2. The summed E-state index contributed by atoms with van der Waals surface area (Å²) >= 11 is 0. The van der Waals surface area contributed by atoms with E-state index >= 15 is 0 Å². The van der Waals surface area contributed by atoms with Gasteiger partial charge in [0.1, 0.15) is 24.0 Å². The van der Waals surface area contributed by atoms with Crippen molar-refractivity contribution < 1.29 is 9.59 Å². The zero-order chi connectivity index (χ0) is 26.0. The minimum Gasteiger partial charge on any atom is -0.367 e. The van der Waals surface area contributed by atoms with E-state index in [0.717, 1.165) is 66.9 Å². The van der Waals surface area contributed by atoms with Crippen molar-refractivity contribution in [2.45, 2.75) is 96.9 Å². The van der Waals surface area contributed by atoms with Crippen LogP contribution in [-0.2, 0) is 9.59 Å². The van der Waals surface area contributed by atoms with Crippen LogP contribution in [0.2, 0.25) is 0 Å². The molecule has 0 spiro atoms. The lowest BCUT2D eigenvalue weighted by Gasteiger charge is -2.24. The van der Waals surface area contributed by atoms with Crippen molar-refractivity contribution in [3.05, 3.63) is 53.0 Å². The number of aromatic nitrogens is 1. The first kappa shape index (κ1) is 27.2. The molecule has 6 nitrogen and oxygen atoms in total. The molecule has 0 saturated carbocycles. The molecule has 1 aromatic rings. The summed E-state index contributed by atoms with van der Waals surface area (Å²) in [5.74, 6) is 1.73. The second-order valence-electron chi connectivity index (χ2n) is 10.5. The fourth-order valence-electron chi connectivity index (χ4n) is 5.84. The van der Waals surface area contributed by atoms with Crippen molar-refractivity contribution >= 4 is 23.6 Å². The van der Waals surface area contributed by atoms with Gasteiger partial charge >= 0.3 is 0 Å². The maximum Gasteiger partial charge on any atom is 0.260 e. The molecular weight excluding hydrogens is 460 g/mol. The number of pyridine rings is 1. The van der Waals surface area contributed by atoms with E-state index in [0.29, 0.717) is 18.7 Å². The van der Waals surface area contributed by atoms with Crippen LogP contribution in [0.4, 0.5) is 5.82 Å². The number of hydrogen-bond acceptors (Lipinski definition) is 5. The minimum atomic E-state index is -0.488. The molecule has 200 valence electrons. The van der Waals surface area contributed by atoms with E-state index in [1.165, 1.54) is 51.4 Å². The molecule has 0 saturated heterocycles. The lowest BCUT2D eigenvalue weighted by molar-refractivity contribution is -0.124. The van der Waals surface area contributed by atoms with Crippen molar-refractivity contribution in [2.75, 3.05) is 24.5 Å². The number of amides is 1. The van der Waals surface area contributed by atoms with Gasteiger partial charge in [0.25, 0.3) is 5.91 Å². The maximum atomic E-state index is 14.0. The van der Waals surface area contributed by atoms with Crippen molar-refractivity contribution in [2.24, 2.45) is 0 Å². The standard InChI is InChI=1S/C31H44N4O2/c1-3-5-7-9-11-13-21-34-26(23-36)27(24-17-15-19-32-29(24)34)28-25-18-16-20-33-30(25)35(31(28)37)22-14-12-10-8-6-4-2/h15-19,23,26,33H,3-14,20-22H2,1-2H3/b28-27+. The molecule has 1 atom stereocenters. The second kappa shape index (κ2) is 13.6. The predicted molar refractivity (Wildman–Crippen MR) is 151 cm³/mol. The van der Waals surface area contributed by atoms with Crippen LogP contribution in [0.1, 0.15) is 96.5 Å². The smallest absolute Gasteiger partial charge is 0.260 e. The van der Waals surface area contributed by atoms with E-state index in [4.69, 9.17) is 0 Å². The van der Waals surface area contributed by atoms with Gasteiger partial charge in [-0.2, -0.15) is 0 Å². The van der Waals surface area contributed by atoms with Gasteiger partial charge in [0, 0.05) is 42.5 Å². The number of hydrogen-bond donors (Lipinski definition) is 1. The first-order valence-corrected chi connectivity index (χ1v) is 14.6. The number of carbonyl (C=O) groups is 2. The third-order valence-corrected chi connectivity index (χ3v) is 7.79. The second-order valence-corrected chi connectivity index (χ2v) is 10.5. The van der Waals surface area contributed by atoms with Gasteiger partial charge in [-0.15, -0.1) is 0 Å². The zero-order valence-electron chi connectivity index (χ0n) is 22.8. The average molecular weight is 505 g/mol. The topological polar surface area (TPSA) is 65.5 Å². The summed E-state index contributed by atoms with van der Waals surface area (Å²) in [5, 5.41) is 3.45. The molecule has 3 aliphatic heterocycles. The molecule has 1 unspecified atom stereocenters. The highest BCUT2D eigenvalue weighted by molar-refractivity contribution is 6.15. The largest absolute Gasteiger partial charge is 0.367 e. The summed E-state index contributed by atoms with van der Waals surface area (Å²) in [6.07, 6.45) is 21.1. The summed E-state index contributed by atoms with van der Waals surface area (Å²) in [6.45, 7) is 6.64. The van der Waals surface area contributed by atoms with Gasteiger partial charge in [-0.3, -0.25) is 9.69 Å². The Balaban J connectivity index is 1.59. The SMILES string of the molecule is CCCCCCCCN1C(=O)/C(=C2\c3cccnc3N(CCCCCCCC)C2C=O)C2=C1NCC=C2. The normalized spacial score (nSPS) is 20.5. The summed E-state index contributed by atoms with van der Waals surface area (Å²) < 4.78 is 0. The van der Waals surface area contributed by atoms with Crippen LogP contribution >= 0.6 is 0 Å². The van der Waals surface area contributed by atoms with Crippen molar-refractivity contribution in [3.8, 4) is 0 Å². The Bertz CT molecular complexity index is 1040. The number of fused-ring (bicyclic) bond motifs is 1. The third kappa shape index (κ3) is 6.00. The number of unbranched alkanes of at least 4 members (excludes halogenated alkanes) is 10. The van der Waals surface area contributed by atoms with Crippen molar-refractivity contribution in [1.29, 1.82) is 0 Å². The number of nitrogens with zero attached hydrogens (tertiary/aromatic N) is 3. The van der Waals surface area contributed by atoms with Crippen LogP contribution in [0.15, 0.2) is 47.4 Å². The van der Waals surface area contributed by atoms with Crippen LogP contribution in [-0.4, -0.2) is 47.8 Å². The van der Waals surface area contributed by atoms with Gasteiger partial charge in [-0.25, -0.2) is 4.98 Å². The molecule has 4 heterocycles. The fourth-order valence-corrected chi connectivity index (χ4v) is 5.84. The Kier molecular flexibility index (Phi) is 9.98. The van der Waals surface area contributed by atoms with E-state index in [-0.39, 0.29) is 5.91 Å². The Labute approximate surface area is 222 Å². The van der Waals surface area contributed by atoms with Crippen molar-refractivity contribution in [1.82, 2.24) is 15.2 Å². The number of carbonyl (C=O) groups excluding carboxylic acids is 2. The van der Waals surface area contributed by atoms with Crippen molar-refractivity contribution in [3.63, 3.8) is 0 Å². The van der Waals surface area contributed by atoms with Crippen LogP contribution in [0.25, 0.3) is 5.57 Å². The predicted octanol–water partition coefficient (Wildman–Crippen LogP) is 6.16. The quantitative estimate of drug-likeness (QED) is 0.176. The zero-order valence-corrected chi connectivity index (χ0v) is 22.8. The lowest BCUT2D eigenvalue weighted by Crippen LogP contribution is -2.36. The Hall–Kier alpha value is -2.89. The number of rotatable bonds is 15. The first-order chi connectivity index (χ1) is 18.2. The average Bonchev–Trinajstić information content (AvgIpc) is 3.38. The van der Waals surface area contributed by atoms with E-state index in [1.807, 2.05) is 17.0 Å². The highest BCUT2D eigenvalue weighted by Crippen LogP contribution is 2.45. The van der Waals surface area contributed by atoms with Gasteiger partial charge in [-0.05, 0) is 25.0 Å². The molecule has 1 N–H and O–H groups in total. The van der Waals surface area contributed by atoms with Gasteiger partial charge in [0.05, 0.1) is 5.57 Å². The molecule has 0 bridgehead atoms.